The zero-order chi connectivity index (χ0) is 22.9. The van der Waals surface area contributed by atoms with Crippen LogP contribution in [0.2, 0.25) is 0 Å². The van der Waals surface area contributed by atoms with E-state index in [1.807, 2.05) is 43.3 Å². The van der Waals surface area contributed by atoms with Gasteiger partial charge in [-0.3, -0.25) is 9.48 Å². The second-order valence-electron chi connectivity index (χ2n) is 8.49. The number of hydrogen-bond acceptors (Lipinski definition) is 3. The molecule has 32 heavy (non-hydrogen) atoms. The van der Waals surface area contributed by atoms with E-state index < -0.39 is 10.0 Å². The highest BCUT2D eigenvalue weighted by atomic mass is 32.3. The predicted octanol–water partition coefficient (Wildman–Crippen LogP) is 5.20. The van der Waals surface area contributed by atoms with Crippen LogP contribution in [0.25, 0.3) is 22.2 Å². The lowest BCUT2D eigenvalue weighted by Crippen LogP contribution is -2.16. The molecule has 0 radical (unpaired) electrons. The number of hydrogen-bond donors (Lipinski definition) is 1. The zero-order valence-corrected chi connectivity index (χ0v) is 19.7. The van der Waals surface area contributed by atoms with E-state index in [1.54, 1.807) is 24.0 Å². The van der Waals surface area contributed by atoms with Gasteiger partial charge in [-0.15, -0.1) is 0 Å². The zero-order valence-electron chi connectivity index (χ0n) is 18.9. The third kappa shape index (κ3) is 4.84. The highest BCUT2D eigenvalue weighted by Gasteiger charge is 2.12. The van der Waals surface area contributed by atoms with Gasteiger partial charge in [-0.05, 0) is 79.0 Å². The number of amides is 1. The monoisotopic (exact) mass is 442 g/mol. The van der Waals surface area contributed by atoms with Crippen molar-refractivity contribution in [2.24, 2.45) is 7.05 Å². The molecule has 162 valence electrons. The third-order valence-electron chi connectivity index (χ3n) is 5.01. The highest BCUT2D eigenvalue weighted by molar-refractivity contribution is 8.35. The summed E-state index contributed by atoms with van der Waals surface area (Å²) >= 11 is 0. The molecule has 2 aromatic carbocycles. The van der Waals surface area contributed by atoms with E-state index in [4.69, 9.17) is 4.98 Å². The van der Waals surface area contributed by atoms with Gasteiger partial charge in [0.25, 0.3) is 5.91 Å². The molecule has 2 heterocycles. The van der Waals surface area contributed by atoms with E-state index in [2.05, 4.69) is 52.5 Å². The van der Waals surface area contributed by atoms with Gasteiger partial charge in [0.15, 0.2) is 0 Å². The van der Waals surface area contributed by atoms with E-state index in [-0.39, 0.29) is 5.91 Å². The number of aromatic nitrogens is 3. The molecule has 0 aliphatic heterocycles. The van der Waals surface area contributed by atoms with Crippen LogP contribution in [0.5, 0.6) is 0 Å². The first-order valence-corrected chi connectivity index (χ1v) is 13.1. The minimum atomic E-state index is -0.856. The molecule has 2 aromatic heterocycles. The van der Waals surface area contributed by atoms with Crippen molar-refractivity contribution in [2.45, 2.75) is 6.92 Å². The molecule has 0 fully saturated rings. The molecule has 0 aliphatic carbocycles. The summed E-state index contributed by atoms with van der Waals surface area (Å²) in [6, 6.07) is 17.9. The topological polar surface area (TPSA) is 59.8 Å². The Balaban J connectivity index is 1.58. The van der Waals surface area contributed by atoms with Crippen molar-refractivity contribution in [3.05, 3.63) is 77.6 Å². The van der Waals surface area contributed by atoms with Crippen molar-refractivity contribution in [1.82, 2.24) is 14.8 Å². The first kappa shape index (κ1) is 21.7. The first-order chi connectivity index (χ1) is 15.2. The van der Waals surface area contributed by atoms with E-state index in [9.17, 15) is 4.79 Å². The number of nitrogens with zero attached hydrogens (tertiary/aromatic N) is 3. The van der Waals surface area contributed by atoms with Gasteiger partial charge in [0.1, 0.15) is 5.69 Å². The van der Waals surface area contributed by atoms with Crippen molar-refractivity contribution in [3.63, 3.8) is 0 Å². The molecule has 0 unspecified atom stereocenters. The van der Waals surface area contributed by atoms with Gasteiger partial charge in [-0.2, -0.15) is 15.1 Å². The number of carbonyl (C=O) groups excluding carboxylic acids is 1. The summed E-state index contributed by atoms with van der Waals surface area (Å²) in [6.07, 6.45) is 8.17. The Morgan fingerprint density at radius 2 is 1.84 bits per heavy atom. The average Bonchev–Trinajstić information content (AvgIpc) is 3.18. The molecular weight excluding hydrogens is 416 g/mol. The molecule has 0 atom stereocenters. The molecule has 4 rings (SSSR count). The summed E-state index contributed by atoms with van der Waals surface area (Å²) in [4.78, 5) is 17.3. The Hall–Kier alpha value is -3.56. The number of benzene rings is 2. The number of rotatable bonds is 3. The largest absolute Gasteiger partial charge is 0.320 e. The number of carbonyl (C=O) groups is 1. The SMILES string of the molecule is Cc1cc(-c2ccc3cc(C#CS(C)(C)C)ccc3n2)ccc1NC(=O)c1ccnn1C. The Labute approximate surface area is 190 Å². The van der Waals surface area contributed by atoms with Gasteiger partial charge >= 0.3 is 0 Å². The Bertz CT molecular complexity index is 1390. The van der Waals surface area contributed by atoms with Crippen LogP contribution in [0.4, 0.5) is 5.69 Å². The van der Waals surface area contributed by atoms with Gasteiger partial charge in [-0.1, -0.05) is 18.1 Å². The number of pyridine rings is 1. The molecule has 0 bridgehead atoms. The molecule has 1 N–H and O–H groups in total. The maximum absolute atomic E-state index is 12.5. The van der Waals surface area contributed by atoms with Gasteiger partial charge in [0, 0.05) is 35.4 Å². The van der Waals surface area contributed by atoms with Crippen LogP contribution in [-0.2, 0) is 7.05 Å². The molecule has 1 amide bonds. The minimum absolute atomic E-state index is 0.184. The number of aryl methyl sites for hydroxylation is 2. The third-order valence-corrected chi connectivity index (χ3v) is 5.73. The van der Waals surface area contributed by atoms with E-state index >= 15 is 0 Å². The summed E-state index contributed by atoms with van der Waals surface area (Å²) in [5.41, 5.74) is 6.09. The fourth-order valence-electron chi connectivity index (χ4n) is 3.32. The van der Waals surface area contributed by atoms with E-state index in [1.165, 1.54) is 0 Å². The molecule has 0 saturated carbocycles. The Morgan fingerprint density at radius 3 is 2.53 bits per heavy atom. The molecule has 5 nitrogen and oxygen atoms in total. The molecule has 0 spiro atoms. The summed E-state index contributed by atoms with van der Waals surface area (Å²) in [5, 5.41) is 11.4. The first-order valence-electron chi connectivity index (χ1n) is 10.2. The summed E-state index contributed by atoms with van der Waals surface area (Å²) in [6.45, 7) is 1.98. The standard InChI is InChI=1S/C26H26N4OS/c1-18-16-20(7-10-22(18)29-26(31)25-12-14-27-30(25)2)24-11-8-21-17-19(6-9-23(21)28-24)13-15-32(3,4)5/h6-12,14,16-17H,1-5H3,(H,29,31). The van der Waals surface area contributed by atoms with Crippen LogP contribution < -0.4 is 5.32 Å². The van der Waals surface area contributed by atoms with Gasteiger partial charge in [-0.25, -0.2) is 4.98 Å². The number of nitrogens with one attached hydrogen (secondary N) is 1. The number of fused-ring (bicyclic) bond motifs is 1. The van der Waals surface area contributed by atoms with Gasteiger partial charge in [0.05, 0.1) is 11.2 Å². The van der Waals surface area contributed by atoms with Crippen LogP contribution in [0.3, 0.4) is 0 Å². The van der Waals surface area contributed by atoms with E-state index in [0.29, 0.717) is 5.69 Å². The van der Waals surface area contributed by atoms with Crippen molar-refractivity contribution < 1.29 is 4.79 Å². The van der Waals surface area contributed by atoms with E-state index in [0.717, 1.165) is 39.0 Å². The lowest BCUT2D eigenvalue weighted by molar-refractivity contribution is 0.101. The van der Waals surface area contributed by atoms with Crippen LogP contribution in [0, 0.1) is 18.1 Å². The second-order valence-corrected chi connectivity index (χ2v) is 12.4. The quantitative estimate of drug-likeness (QED) is 0.444. The maximum atomic E-state index is 12.5. The lowest BCUT2D eigenvalue weighted by atomic mass is 10.0. The average molecular weight is 443 g/mol. The summed E-state index contributed by atoms with van der Waals surface area (Å²) in [5.74, 6) is 3.10. The molecule has 0 aliphatic rings. The van der Waals surface area contributed by atoms with Crippen molar-refractivity contribution in [2.75, 3.05) is 24.1 Å². The Kier molecular flexibility index (Phi) is 5.77. The van der Waals surface area contributed by atoms with Crippen molar-refractivity contribution >= 4 is 32.5 Å². The van der Waals surface area contributed by atoms with Crippen molar-refractivity contribution in [1.29, 1.82) is 0 Å². The normalized spacial score (nSPS) is 11.7. The fraction of sp³-hybridized carbons (Fsp3) is 0.192. The summed E-state index contributed by atoms with van der Waals surface area (Å²) < 4.78 is 1.55. The summed E-state index contributed by atoms with van der Waals surface area (Å²) in [7, 11) is 0.892. The maximum Gasteiger partial charge on any atom is 0.273 e. The lowest BCUT2D eigenvalue weighted by Gasteiger charge is -2.14. The minimum Gasteiger partial charge on any atom is -0.320 e. The molecule has 6 heteroatoms. The molecule has 4 aromatic rings. The van der Waals surface area contributed by atoms with Crippen molar-refractivity contribution in [3.8, 4) is 22.4 Å². The predicted molar refractivity (Wildman–Crippen MR) is 135 cm³/mol. The van der Waals surface area contributed by atoms with Crippen LogP contribution >= 0.6 is 10.0 Å². The highest BCUT2D eigenvalue weighted by Crippen LogP contribution is 2.32. The van der Waals surface area contributed by atoms with Gasteiger partial charge in [0.2, 0.25) is 0 Å². The molecule has 0 saturated heterocycles. The van der Waals surface area contributed by atoms with Crippen LogP contribution in [0.1, 0.15) is 21.6 Å². The molecular formula is C26H26N4OS. The van der Waals surface area contributed by atoms with Gasteiger partial charge < -0.3 is 5.32 Å². The van der Waals surface area contributed by atoms with Crippen LogP contribution in [0.15, 0.2) is 60.8 Å². The fourth-order valence-corrected chi connectivity index (χ4v) is 3.75. The smallest absolute Gasteiger partial charge is 0.273 e. The second kappa shape index (κ2) is 8.52. The van der Waals surface area contributed by atoms with Crippen LogP contribution in [-0.4, -0.2) is 39.4 Å². The number of anilines is 1. The Morgan fingerprint density at radius 1 is 1.03 bits per heavy atom.